The first-order valence-electron chi connectivity index (χ1n) is 2.79. The van der Waals surface area contributed by atoms with Gasteiger partial charge in [0, 0.05) is 6.92 Å². The molecule has 1 rings (SSSR count). The monoisotopic (exact) mass is 201 g/mol. The predicted octanol–water partition coefficient (Wildman–Crippen LogP) is 1.18. The third-order valence-corrected chi connectivity index (χ3v) is 2.11. The molecule has 3 nitrogen and oxygen atoms in total. The summed E-state index contributed by atoms with van der Waals surface area (Å²) in [5.74, 6) is -0.0625. The molecule has 0 amide bonds. The largest absolute Gasteiger partial charge is 0.293 e. The Bertz CT molecular complexity index is 242. The molecule has 0 aromatic carbocycles. The number of hydrogen-bond donors (Lipinski definition) is 0. The fraction of sp³-hybridized carbons (Fsp3) is 0.333. The molecule has 0 aliphatic carbocycles. The number of allylic oxidation sites excluding steroid dienone is 2. The minimum absolute atomic E-state index is 0.0625. The van der Waals surface area contributed by atoms with E-state index < -0.39 is 0 Å². The number of halogens is 1. The molecular formula is C6H6BrN2O. The second kappa shape index (κ2) is 2.54. The fourth-order valence-electron chi connectivity index (χ4n) is 0.609. The summed E-state index contributed by atoms with van der Waals surface area (Å²) >= 11 is 3.20. The maximum absolute atomic E-state index is 10.7. The predicted molar refractivity (Wildman–Crippen MR) is 41.9 cm³/mol. The molecule has 10 heavy (non-hydrogen) atoms. The van der Waals surface area contributed by atoms with Crippen LogP contribution in [0.3, 0.4) is 0 Å². The SMILES string of the molecule is CC(=O)C1=N[N]C(C)=C1Br. The summed E-state index contributed by atoms with van der Waals surface area (Å²) in [6.45, 7) is 3.26. The number of hydrogen-bond acceptors (Lipinski definition) is 2. The molecule has 0 unspecified atom stereocenters. The van der Waals surface area contributed by atoms with Crippen LogP contribution in [0, 0.1) is 0 Å². The molecule has 0 bridgehead atoms. The molecule has 0 spiro atoms. The van der Waals surface area contributed by atoms with E-state index in [0.29, 0.717) is 10.2 Å². The van der Waals surface area contributed by atoms with Crippen LogP contribution in [0.25, 0.3) is 0 Å². The van der Waals surface area contributed by atoms with Gasteiger partial charge in [-0.2, -0.15) is 5.43 Å². The third kappa shape index (κ3) is 1.11. The lowest BCUT2D eigenvalue weighted by atomic mass is 10.2. The van der Waals surface area contributed by atoms with Gasteiger partial charge >= 0.3 is 0 Å². The topological polar surface area (TPSA) is 43.5 Å². The summed E-state index contributed by atoms with van der Waals surface area (Å²) in [4.78, 5) is 10.7. The van der Waals surface area contributed by atoms with Gasteiger partial charge in [0.05, 0.1) is 10.2 Å². The van der Waals surface area contributed by atoms with E-state index in [1.165, 1.54) is 6.92 Å². The second-order valence-corrected chi connectivity index (χ2v) is 2.80. The van der Waals surface area contributed by atoms with Gasteiger partial charge in [-0.3, -0.25) is 4.79 Å². The van der Waals surface area contributed by atoms with Crippen molar-refractivity contribution in [1.29, 1.82) is 0 Å². The Morgan fingerprint density at radius 3 is 2.40 bits per heavy atom. The van der Waals surface area contributed by atoms with Gasteiger partial charge in [-0.1, -0.05) is 0 Å². The van der Waals surface area contributed by atoms with Crippen LogP contribution in [0.5, 0.6) is 0 Å². The molecule has 1 aliphatic rings. The van der Waals surface area contributed by atoms with Crippen molar-refractivity contribution in [3.63, 3.8) is 0 Å². The van der Waals surface area contributed by atoms with E-state index in [2.05, 4.69) is 26.5 Å². The molecule has 0 atom stereocenters. The Balaban J connectivity index is 2.93. The maximum Gasteiger partial charge on any atom is 0.181 e. The number of rotatable bonds is 1. The standard InChI is InChI=1S/C6H6BrN2O/c1-3-5(7)6(4(2)10)9-8-3/h1-2H3. The van der Waals surface area contributed by atoms with Gasteiger partial charge in [0.25, 0.3) is 0 Å². The van der Waals surface area contributed by atoms with E-state index in [0.717, 1.165) is 5.70 Å². The zero-order valence-corrected chi connectivity index (χ0v) is 7.27. The molecule has 1 aliphatic heterocycles. The van der Waals surface area contributed by atoms with E-state index in [4.69, 9.17) is 0 Å². The highest BCUT2D eigenvalue weighted by Gasteiger charge is 2.18. The van der Waals surface area contributed by atoms with Crippen LogP contribution >= 0.6 is 15.9 Å². The molecule has 0 saturated heterocycles. The van der Waals surface area contributed by atoms with Gasteiger partial charge in [0.1, 0.15) is 5.71 Å². The maximum atomic E-state index is 10.7. The van der Waals surface area contributed by atoms with Crippen LogP contribution in [0.2, 0.25) is 0 Å². The Morgan fingerprint density at radius 1 is 1.60 bits per heavy atom. The third-order valence-electron chi connectivity index (χ3n) is 1.16. The van der Waals surface area contributed by atoms with Crippen molar-refractivity contribution < 1.29 is 4.79 Å². The first-order chi connectivity index (χ1) is 4.63. The summed E-state index contributed by atoms with van der Waals surface area (Å²) in [6.07, 6.45) is 0. The molecular weight excluding hydrogens is 196 g/mol. The highest BCUT2D eigenvalue weighted by Crippen LogP contribution is 2.18. The van der Waals surface area contributed by atoms with E-state index in [-0.39, 0.29) is 5.78 Å². The van der Waals surface area contributed by atoms with Crippen molar-refractivity contribution in [2.24, 2.45) is 5.10 Å². The molecule has 1 radical (unpaired) electrons. The average Bonchev–Trinajstić information content (AvgIpc) is 2.14. The molecule has 4 heteroatoms. The smallest absolute Gasteiger partial charge is 0.181 e. The molecule has 0 N–H and O–H groups in total. The Labute approximate surface area is 67.3 Å². The molecule has 1 heterocycles. The van der Waals surface area contributed by atoms with Crippen molar-refractivity contribution in [3.05, 3.63) is 10.2 Å². The van der Waals surface area contributed by atoms with Crippen LogP contribution < -0.4 is 5.43 Å². The molecule has 0 fully saturated rings. The number of nitrogens with zero attached hydrogens (tertiary/aromatic N) is 2. The first kappa shape index (κ1) is 7.47. The van der Waals surface area contributed by atoms with Gasteiger partial charge in [-0.25, -0.2) is 0 Å². The quantitative estimate of drug-likeness (QED) is 0.629. The summed E-state index contributed by atoms with van der Waals surface area (Å²) in [5, 5.41) is 3.67. The number of Topliss-reactive ketones (excluding diaryl/α,β-unsaturated/α-hetero) is 1. The lowest BCUT2D eigenvalue weighted by Gasteiger charge is -1.89. The van der Waals surface area contributed by atoms with Crippen molar-refractivity contribution in [3.8, 4) is 0 Å². The molecule has 0 aromatic heterocycles. The highest BCUT2D eigenvalue weighted by atomic mass is 79.9. The van der Waals surface area contributed by atoms with E-state index in [1.807, 2.05) is 0 Å². The normalized spacial score (nSPS) is 16.9. The highest BCUT2D eigenvalue weighted by molar-refractivity contribution is 9.12. The summed E-state index contributed by atoms with van der Waals surface area (Å²) in [6, 6.07) is 0. The van der Waals surface area contributed by atoms with Crippen LogP contribution in [0.4, 0.5) is 0 Å². The Kier molecular flexibility index (Phi) is 1.89. The van der Waals surface area contributed by atoms with Crippen molar-refractivity contribution in [2.45, 2.75) is 13.8 Å². The summed E-state index contributed by atoms with van der Waals surface area (Å²) in [5.41, 5.74) is 4.89. The van der Waals surface area contributed by atoms with E-state index in [9.17, 15) is 4.79 Å². The minimum atomic E-state index is -0.0625. The Morgan fingerprint density at radius 2 is 2.20 bits per heavy atom. The second-order valence-electron chi connectivity index (χ2n) is 2.00. The van der Waals surface area contributed by atoms with Gasteiger partial charge < -0.3 is 0 Å². The van der Waals surface area contributed by atoms with E-state index >= 15 is 0 Å². The van der Waals surface area contributed by atoms with Crippen LogP contribution in [-0.2, 0) is 4.79 Å². The van der Waals surface area contributed by atoms with Gasteiger partial charge in [-0.05, 0) is 22.9 Å². The van der Waals surface area contributed by atoms with Crippen LogP contribution in [-0.4, -0.2) is 11.5 Å². The van der Waals surface area contributed by atoms with Crippen molar-refractivity contribution in [2.75, 3.05) is 0 Å². The lowest BCUT2D eigenvalue weighted by molar-refractivity contribution is -0.111. The van der Waals surface area contributed by atoms with Crippen molar-refractivity contribution >= 4 is 27.4 Å². The van der Waals surface area contributed by atoms with Gasteiger partial charge in [0.15, 0.2) is 5.78 Å². The molecule has 0 saturated carbocycles. The minimum Gasteiger partial charge on any atom is -0.293 e. The number of ketones is 1. The summed E-state index contributed by atoms with van der Waals surface area (Å²) in [7, 11) is 0. The van der Waals surface area contributed by atoms with Crippen LogP contribution in [0.15, 0.2) is 15.3 Å². The lowest BCUT2D eigenvalue weighted by Crippen LogP contribution is -2.07. The zero-order chi connectivity index (χ0) is 7.72. The number of carbonyl (C=O) groups is 1. The first-order valence-corrected chi connectivity index (χ1v) is 3.58. The van der Waals surface area contributed by atoms with Crippen LogP contribution in [0.1, 0.15) is 13.8 Å². The van der Waals surface area contributed by atoms with Gasteiger partial charge in [-0.15, -0.1) is 5.10 Å². The van der Waals surface area contributed by atoms with E-state index in [1.54, 1.807) is 6.92 Å². The van der Waals surface area contributed by atoms with Crippen molar-refractivity contribution in [1.82, 2.24) is 5.43 Å². The fourth-order valence-corrected chi connectivity index (χ4v) is 1.05. The Hall–Kier alpha value is -0.640. The van der Waals surface area contributed by atoms with Gasteiger partial charge in [0.2, 0.25) is 0 Å². The average molecular weight is 202 g/mol. The number of carbonyl (C=O) groups excluding carboxylic acids is 1. The molecule has 53 valence electrons. The molecule has 0 aromatic rings. The zero-order valence-electron chi connectivity index (χ0n) is 5.68. The summed E-state index contributed by atoms with van der Waals surface area (Å²) < 4.78 is 0.708.